The van der Waals surface area contributed by atoms with Gasteiger partial charge >= 0.3 is 0 Å². The van der Waals surface area contributed by atoms with Crippen molar-refractivity contribution in [1.82, 2.24) is 5.32 Å². The maximum Gasteiger partial charge on any atom is 0.0207 e. The second-order valence-corrected chi connectivity index (χ2v) is 8.01. The van der Waals surface area contributed by atoms with Crippen LogP contribution >= 0.6 is 15.9 Å². The van der Waals surface area contributed by atoms with Crippen molar-refractivity contribution in [2.24, 2.45) is 11.3 Å². The molecule has 0 fully saturated rings. The van der Waals surface area contributed by atoms with Crippen LogP contribution < -0.4 is 5.32 Å². The van der Waals surface area contributed by atoms with E-state index in [0.717, 1.165) is 18.9 Å². The lowest BCUT2D eigenvalue weighted by Gasteiger charge is -2.27. The van der Waals surface area contributed by atoms with E-state index in [1.807, 2.05) is 0 Å². The molecule has 2 atom stereocenters. The molecule has 0 aromatic heterocycles. The molecule has 1 aromatic rings. The van der Waals surface area contributed by atoms with E-state index in [-0.39, 0.29) is 0 Å². The van der Waals surface area contributed by atoms with Crippen molar-refractivity contribution >= 4 is 15.9 Å². The van der Waals surface area contributed by atoms with Gasteiger partial charge in [0.1, 0.15) is 0 Å². The van der Waals surface area contributed by atoms with Gasteiger partial charge in [0.05, 0.1) is 0 Å². The Bertz CT molecular complexity index is 395. The molecule has 0 aliphatic carbocycles. The van der Waals surface area contributed by atoms with Crippen LogP contribution in [0.5, 0.6) is 0 Å². The van der Waals surface area contributed by atoms with Gasteiger partial charge in [-0.1, -0.05) is 68.7 Å². The third-order valence-corrected chi connectivity index (χ3v) is 4.34. The van der Waals surface area contributed by atoms with Gasteiger partial charge in [0.15, 0.2) is 0 Å². The van der Waals surface area contributed by atoms with Crippen LogP contribution in [0.2, 0.25) is 0 Å². The number of nitrogens with one attached hydrogen (secondary N) is 1. The third kappa shape index (κ3) is 6.90. The van der Waals surface area contributed by atoms with Crippen molar-refractivity contribution in [1.29, 1.82) is 0 Å². The Labute approximate surface area is 133 Å². The van der Waals surface area contributed by atoms with E-state index in [1.54, 1.807) is 0 Å². The maximum atomic E-state index is 3.66. The molecule has 1 nitrogen and oxygen atoms in total. The Morgan fingerprint density at radius 3 is 2.40 bits per heavy atom. The van der Waals surface area contributed by atoms with Crippen molar-refractivity contribution in [2.45, 2.75) is 59.9 Å². The summed E-state index contributed by atoms with van der Waals surface area (Å²) in [4.78, 5) is 0. The van der Waals surface area contributed by atoms with Crippen LogP contribution in [-0.2, 0) is 6.42 Å². The van der Waals surface area contributed by atoms with E-state index in [4.69, 9.17) is 0 Å². The smallest absolute Gasteiger partial charge is 0.0207 e. The van der Waals surface area contributed by atoms with Crippen molar-refractivity contribution in [3.63, 3.8) is 0 Å². The molecule has 0 saturated carbocycles. The SMILES string of the molecule is CCNC(Cc1ccccc1Br)CC(C)CC(C)(C)C. The van der Waals surface area contributed by atoms with E-state index in [9.17, 15) is 0 Å². The summed E-state index contributed by atoms with van der Waals surface area (Å²) < 4.78 is 1.23. The minimum Gasteiger partial charge on any atom is -0.314 e. The fourth-order valence-corrected chi connectivity index (χ4v) is 3.52. The van der Waals surface area contributed by atoms with Crippen LogP contribution in [-0.4, -0.2) is 12.6 Å². The molecule has 0 bridgehead atoms. The predicted molar refractivity (Wildman–Crippen MR) is 93.2 cm³/mol. The highest BCUT2D eigenvalue weighted by atomic mass is 79.9. The number of hydrogen-bond donors (Lipinski definition) is 1. The average molecular weight is 340 g/mol. The normalized spacial score (nSPS) is 15.1. The van der Waals surface area contributed by atoms with Gasteiger partial charge in [-0.05, 0) is 48.8 Å². The maximum absolute atomic E-state index is 3.66. The largest absolute Gasteiger partial charge is 0.314 e. The second kappa shape index (κ2) is 8.19. The summed E-state index contributed by atoms with van der Waals surface area (Å²) >= 11 is 3.66. The number of benzene rings is 1. The third-order valence-electron chi connectivity index (χ3n) is 3.56. The highest BCUT2D eigenvalue weighted by Crippen LogP contribution is 2.28. The first kappa shape index (κ1) is 17.7. The van der Waals surface area contributed by atoms with Crippen molar-refractivity contribution in [3.05, 3.63) is 34.3 Å². The van der Waals surface area contributed by atoms with Gasteiger partial charge in [-0.25, -0.2) is 0 Å². The molecule has 20 heavy (non-hydrogen) atoms. The van der Waals surface area contributed by atoms with Crippen LogP contribution in [0.15, 0.2) is 28.7 Å². The molecule has 1 rings (SSSR count). The Balaban J connectivity index is 2.63. The van der Waals surface area contributed by atoms with E-state index < -0.39 is 0 Å². The van der Waals surface area contributed by atoms with Crippen LogP contribution in [0, 0.1) is 11.3 Å². The Hall–Kier alpha value is -0.340. The van der Waals surface area contributed by atoms with Gasteiger partial charge in [0.2, 0.25) is 0 Å². The number of rotatable bonds is 7. The molecule has 2 unspecified atom stereocenters. The topological polar surface area (TPSA) is 12.0 Å². The molecule has 0 spiro atoms. The lowest BCUT2D eigenvalue weighted by atomic mass is 9.82. The summed E-state index contributed by atoms with van der Waals surface area (Å²) in [5.41, 5.74) is 1.82. The molecule has 0 heterocycles. The fraction of sp³-hybridized carbons (Fsp3) is 0.667. The van der Waals surface area contributed by atoms with Gasteiger partial charge in [-0.2, -0.15) is 0 Å². The van der Waals surface area contributed by atoms with E-state index >= 15 is 0 Å². The van der Waals surface area contributed by atoms with Crippen LogP contribution in [0.25, 0.3) is 0 Å². The van der Waals surface area contributed by atoms with E-state index in [1.165, 1.54) is 22.9 Å². The predicted octanol–water partition coefficient (Wildman–Crippen LogP) is 5.43. The highest BCUT2D eigenvalue weighted by molar-refractivity contribution is 9.10. The molecule has 0 aliphatic rings. The van der Waals surface area contributed by atoms with Crippen LogP contribution in [0.1, 0.15) is 53.0 Å². The first-order chi connectivity index (χ1) is 9.31. The second-order valence-electron chi connectivity index (χ2n) is 7.16. The minimum absolute atomic E-state index is 0.420. The summed E-state index contributed by atoms with van der Waals surface area (Å²) in [5.74, 6) is 0.751. The van der Waals surface area contributed by atoms with Crippen LogP contribution in [0.4, 0.5) is 0 Å². The molecule has 1 N–H and O–H groups in total. The highest BCUT2D eigenvalue weighted by Gasteiger charge is 2.19. The lowest BCUT2D eigenvalue weighted by Crippen LogP contribution is -2.33. The summed E-state index contributed by atoms with van der Waals surface area (Å²) in [7, 11) is 0. The first-order valence-electron chi connectivity index (χ1n) is 7.78. The van der Waals surface area contributed by atoms with E-state index in [0.29, 0.717) is 11.5 Å². The van der Waals surface area contributed by atoms with Gasteiger partial charge in [-0.3, -0.25) is 0 Å². The molecular formula is C18H30BrN. The zero-order valence-electron chi connectivity index (χ0n) is 13.7. The molecule has 2 heteroatoms. The van der Waals surface area contributed by atoms with Gasteiger partial charge < -0.3 is 5.32 Å². The van der Waals surface area contributed by atoms with Crippen molar-refractivity contribution in [2.75, 3.05) is 6.54 Å². The molecular weight excluding hydrogens is 310 g/mol. The zero-order valence-corrected chi connectivity index (χ0v) is 15.3. The summed E-state index contributed by atoms with van der Waals surface area (Å²) in [5, 5.41) is 3.65. The Morgan fingerprint density at radius 1 is 1.20 bits per heavy atom. The van der Waals surface area contributed by atoms with Gasteiger partial charge in [0.25, 0.3) is 0 Å². The first-order valence-corrected chi connectivity index (χ1v) is 8.58. The molecule has 0 amide bonds. The average Bonchev–Trinajstić information content (AvgIpc) is 2.29. The van der Waals surface area contributed by atoms with Gasteiger partial charge in [0, 0.05) is 10.5 Å². The van der Waals surface area contributed by atoms with Gasteiger partial charge in [-0.15, -0.1) is 0 Å². The Kier molecular flexibility index (Phi) is 7.25. The molecule has 0 saturated heterocycles. The quantitative estimate of drug-likeness (QED) is 0.698. The summed E-state index contributed by atoms with van der Waals surface area (Å²) in [6.45, 7) is 12.6. The molecule has 114 valence electrons. The molecule has 0 radical (unpaired) electrons. The lowest BCUT2D eigenvalue weighted by molar-refractivity contribution is 0.275. The summed E-state index contributed by atoms with van der Waals surface area (Å²) in [6.07, 6.45) is 3.63. The zero-order chi connectivity index (χ0) is 15.2. The number of likely N-dealkylation sites (N-methyl/N-ethyl adjacent to an activating group) is 1. The molecule has 0 aliphatic heterocycles. The standard InChI is InChI=1S/C18H30BrN/c1-6-20-16(11-14(2)13-18(3,4)5)12-15-9-7-8-10-17(15)19/h7-10,14,16,20H,6,11-13H2,1-5H3. The fourth-order valence-electron chi connectivity index (χ4n) is 3.07. The van der Waals surface area contributed by atoms with E-state index in [2.05, 4.69) is 80.1 Å². The Morgan fingerprint density at radius 2 is 1.85 bits per heavy atom. The van der Waals surface area contributed by atoms with Crippen molar-refractivity contribution in [3.8, 4) is 0 Å². The summed E-state index contributed by atoms with van der Waals surface area (Å²) in [6, 6.07) is 9.13. The van der Waals surface area contributed by atoms with Crippen molar-refractivity contribution < 1.29 is 0 Å². The number of halogens is 1. The number of hydrogen-bond acceptors (Lipinski definition) is 1. The minimum atomic E-state index is 0.420. The monoisotopic (exact) mass is 339 g/mol. The molecule has 1 aromatic carbocycles. The van der Waals surface area contributed by atoms with Crippen LogP contribution in [0.3, 0.4) is 0 Å².